The molecule has 3 atom stereocenters. The fourth-order valence-electron chi connectivity index (χ4n) is 3.49. The molecule has 0 aromatic carbocycles. The lowest BCUT2D eigenvalue weighted by molar-refractivity contribution is -0.0325. The SMILES string of the molecule is CCC(COC(C)(C)C)CN1C2CCCC1CC2. The molecule has 0 aromatic heterocycles. The number of nitrogens with zero attached hydrogens (tertiary/aromatic N) is 1. The van der Waals surface area contributed by atoms with Crippen LogP contribution in [0.5, 0.6) is 0 Å². The van der Waals surface area contributed by atoms with Crippen molar-refractivity contribution in [2.24, 2.45) is 5.92 Å². The van der Waals surface area contributed by atoms with Crippen LogP contribution in [0.2, 0.25) is 0 Å². The minimum atomic E-state index is 0.00823. The third-order valence-corrected chi connectivity index (χ3v) is 4.64. The van der Waals surface area contributed by atoms with E-state index >= 15 is 0 Å². The zero-order valence-electron chi connectivity index (χ0n) is 12.7. The molecule has 0 aromatic rings. The highest BCUT2D eigenvalue weighted by Gasteiger charge is 2.37. The Bertz CT molecular complexity index is 242. The molecule has 18 heavy (non-hydrogen) atoms. The van der Waals surface area contributed by atoms with E-state index in [1.54, 1.807) is 0 Å². The van der Waals surface area contributed by atoms with Crippen LogP contribution in [0.25, 0.3) is 0 Å². The Balaban J connectivity index is 1.83. The van der Waals surface area contributed by atoms with E-state index in [0.29, 0.717) is 5.92 Å². The third kappa shape index (κ3) is 3.71. The summed E-state index contributed by atoms with van der Waals surface area (Å²) < 4.78 is 5.99. The summed E-state index contributed by atoms with van der Waals surface area (Å²) >= 11 is 0. The van der Waals surface area contributed by atoms with Gasteiger partial charge in [0, 0.05) is 18.6 Å². The van der Waals surface area contributed by atoms with E-state index in [9.17, 15) is 0 Å². The van der Waals surface area contributed by atoms with Crippen LogP contribution in [-0.2, 0) is 4.74 Å². The van der Waals surface area contributed by atoms with Crippen molar-refractivity contribution in [3.05, 3.63) is 0 Å². The molecule has 3 unspecified atom stereocenters. The van der Waals surface area contributed by atoms with Crippen molar-refractivity contribution >= 4 is 0 Å². The maximum absolute atomic E-state index is 5.99. The molecule has 0 radical (unpaired) electrons. The van der Waals surface area contributed by atoms with Gasteiger partial charge in [-0.3, -0.25) is 4.90 Å². The molecular formula is C16H31NO. The van der Waals surface area contributed by atoms with Gasteiger partial charge in [0.25, 0.3) is 0 Å². The monoisotopic (exact) mass is 253 g/mol. The molecule has 2 saturated heterocycles. The molecule has 0 aliphatic carbocycles. The van der Waals surface area contributed by atoms with Gasteiger partial charge < -0.3 is 4.74 Å². The molecule has 0 amide bonds. The quantitative estimate of drug-likeness (QED) is 0.738. The molecule has 2 heteroatoms. The summed E-state index contributed by atoms with van der Waals surface area (Å²) in [4.78, 5) is 2.81. The summed E-state index contributed by atoms with van der Waals surface area (Å²) in [5.74, 6) is 0.713. The molecule has 0 spiro atoms. The Labute approximate surface area is 113 Å². The molecular weight excluding hydrogens is 222 g/mol. The normalized spacial score (nSPS) is 30.7. The van der Waals surface area contributed by atoms with Crippen LogP contribution in [0, 0.1) is 5.92 Å². The first kappa shape index (κ1) is 14.3. The van der Waals surface area contributed by atoms with E-state index in [1.807, 2.05) is 0 Å². The average Bonchev–Trinajstić information content (AvgIpc) is 2.53. The molecule has 106 valence electrons. The molecule has 2 aliphatic rings. The van der Waals surface area contributed by atoms with Crippen molar-refractivity contribution in [1.82, 2.24) is 4.90 Å². The fourth-order valence-corrected chi connectivity index (χ4v) is 3.49. The largest absolute Gasteiger partial charge is 0.376 e. The summed E-state index contributed by atoms with van der Waals surface area (Å²) in [6.45, 7) is 11.0. The molecule has 2 bridgehead atoms. The van der Waals surface area contributed by atoms with Crippen LogP contribution in [0.4, 0.5) is 0 Å². The van der Waals surface area contributed by atoms with E-state index in [2.05, 4.69) is 32.6 Å². The number of rotatable bonds is 5. The average molecular weight is 253 g/mol. The molecule has 2 nitrogen and oxygen atoms in total. The summed E-state index contributed by atoms with van der Waals surface area (Å²) in [6, 6.07) is 1.79. The lowest BCUT2D eigenvalue weighted by atomic mass is 9.99. The lowest BCUT2D eigenvalue weighted by Gasteiger charge is -2.37. The first-order valence-corrected chi connectivity index (χ1v) is 7.89. The van der Waals surface area contributed by atoms with Crippen molar-refractivity contribution in [1.29, 1.82) is 0 Å². The minimum Gasteiger partial charge on any atom is -0.376 e. The Morgan fingerprint density at radius 1 is 1.11 bits per heavy atom. The van der Waals surface area contributed by atoms with Gasteiger partial charge in [0.2, 0.25) is 0 Å². The number of hydrogen-bond donors (Lipinski definition) is 0. The molecule has 2 heterocycles. The van der Waals surface area contributed by atoms with Gasteiger partial charge in [0.15, 0.2) is 0 Å². The van der Waals surface area contributed by atoms with Crippen LogP contribution in [-0.4, -0.2) is 35.7 Å². The molecule has 0 N–H and O–H groups in total. The summed E-state index contributed by atoms with van der Waals surface area (Å²) in [6.07, 6.45) is 8.47. The lowest BCUT2D eigenvalue weighted by Crippen LogP contribution is -2.43. The van der Waals surface area contributed by atoms with Gasteiger partial charge in [0.1, 0.15) is 0 Å². The van der Waals surface area contributed by atoms with Gasteiger partial charge in [-0.05, 0) is 58.8 Å². The standard InChI is InChI=1S/C16H31NO/c1-5-13(12-18-16(2,3)4)11-17-14-7-6-8-15(17)10-9-14/h13-15H,5-12H2,1-4H3. The maximum atomic E-state index is 5.99. The van der Waals surface area contributed by atoms with Gasteiger partial charge in [-0.15, -0.1) is 0 Å². The van der Waals surface area contributed by atoms with E-state index < -0.39 is 0 Å². The fraction of sp³-hybridized carbons (Fsp3) is 1.00. The van der Waals surface area contributed by atoms with Crippen molar-refractivity contribution in [3.8, 4) is 0 Å². The van der Waals surface area contributed by atoms with Crippen LogP contribution in [0.1, 0.15) is 66.2 Å². The Morgan fingerprint density at radius 2 is 1.72 bits per heavy atom. The molecule has 2 aliphatic heterocycles. The van der Waals surface area contributed by atoms with Crippen molar-refractivity contribution in [3.63, 3.8) is 0 Å². The molecule has 2 fully saturated rings. The van der Waals surface area contributed by atoms with Crippen LogP contribution in [0.15, 0.2) is 0 Å². The number of hydrogen-bond acceptors (Lipinski definition) is 2. The summed E-state index contributed by atoms with van der Waals surface area (Å²) in [7, 11) is 0. The Morgan fingerprint density at radius 3 is 2.22 bits per heavy atom. The third-order valence-electron chi connectivity index (χ3n) is 4.64. The highest BCUT2D eigenvalue weighted by Crippen LogP contribution is 2.36. The van der Waals surface area contributed by atoms with Gasteiger partial charge in [-0.25, -0.2) is 0 Å². The van der Waals surface area contributed by atoms with Crippen LogP contribution >= 0.6 is 0 Å². The predicted molar refractivity (Wildman–Crippen MR) is 76.9 cm³/mol. The van der Waals surface area contributed by atoms with Crippen molar-refractivity contribution in [2.75, 3.05) is 13.2 Å². The Hall–Kier alpha value is -0.0800. The number of ether oxygens (including phenoxy) is 1. The Kier molecular flexibility index (Phi) is 4.71. The summed E-state index contributed by atoms with van der Waals surface area (Å²) in [5, 5.41) is 0. The first-order valence-electron chi connectivity index (χ1n) is 7.89. The maximum Gasteiger partial charge on any atom is 0.0598 e. The van der Waals surface area contributed by atoms with E-state index in [1.165, 1.54) is 45.1 Å². The smallest absolute Gasteiger partial charge is 0.0598 e. The van der Waals surface area contributed by atoms with Gasteiger partial charge in [-0.1, -0.05) is 13.3 Å². The number of fused-ring (bicyclic) bond motifs is 2. The highest BCUT2D eigenvalue weighted by molar-refractivity contribution is 4.92. The van der Waals surface area contributed by atoms with Gasteiger partial charge in [-0.2, -0.15) is 0 Å². The zero-order valence-corrected chi connectivity index (χ0v) is 12.7. The second kappa shape index (κ2) is 5.92. The minimum absolute atomic E-state index is 0.00823. The van der Waals surface area contributed by atoms with Gasteiger partial charge >= 0.3 is 0 Å². The number of piperidine rings is 1. The van der Waals surface area contributed by atoms with Crippen molar-refractivity contribution < 1.29 is 4.74 Å². The van der Waals surface area contributed by atoms with Crippen molar-refractivity contribution in [2.45, 2.75) is 83.9 Å². The van der Waals surface area contributed by atoms with Crippen LogP contribution < -0.4 is 0 Å². The summed E-state index contributed by atoms with van der Waals surface area (Å²) in [5.41, 5.74) is 0.00823. The molecule has 2 rings (SSSR count). The van der Waals surface area contributed by atoms with Gasteiger partial charge in [0.05, 0.1) is 12.2 Å². The van der Waals surface area contributed by atoms with E-state index in [0.717, 1.165) is 18.7 Å². The second-order valence-corrected chi connectivity index (χ2v) is 7.21. The highest BCUT2D eigenvalue weighted by atomic mass is 16.5. The van der Waals surface area contributed by atoms with Crippen LogP contribution in [0.3, 0.4) is 0 Å². The zero-order chi connectivity index (χ0) is 13.2. The van der Waals surface area contributed by atoms with E-state index in [-0.39, 0.29) is 5.60 Å². The second-order valence-electron chi connectivity index (χ2n) is 7.21. The predicted octanol–water partition coefficient (Wildman–Crippen LogP) is 3.84. The topological polar surface area (TPSA) is 12.5 Å². The van der Waals surface area contributed by atoms with E-state index in [4.69, 9.17) is 4.74 Å². The first-order chi connectivity index (χ1) is 8.49. The molecule has 0 saturated carbocycles.